The standard InChI is InChI=1S/C30H35N2/c1-29(2,3)31-21-22-32(30(4,5)6)28(31)26-19-17-25(18-20-26)27(23-13-9-7-10-14-23)24-15-11-8-12-16-24/h7-22,26H,1-6H3/q+1. The molecule has 0 fully saturated rings. The minimum absolute atomic E-state index is 0.0167. The Morgan fingerprint density at radius 3 is 1.69 bits per heavy atom. The van der Waals surface area contributed by atoms with E-state index in [0.29, 0.717) is 0 Å². The van der Waals surface area contributed by atoms with Crippen LogP contribution in [0.2, 0.25) is 0 Å². The third kappa shape index (κ3) is 4.41. The van der Waals surface area contributed by atoms with Crippen LogP contribution in [0.3, 0.4) is 0 Å². The van der Waals surface area contributed by atoms with E-state index in [-0.39, 0.29) is 17.0 Å². The van der Waals surface area contributed by atoms with E-state index in [0.717, 1.165) is 0 Å². The van der Waals surface area contributed by atoms with Crippen molar-refractivity contribution in [2.24, 2.45) is 0 Å². The molecule has 4 rings (SSSR count). The fraction of sp³-hybridized carbons (Fsp3) is 0.300. The molecule has 2 heteroatoms. The molecule has 2 aromatic carbocycles. The summed E-state index contributed by atoms with van der Waals surface area (Å²) < 4.78 is 4.84. The van der Waals surface area contributed by atoms with Crippen LogP contribution in [0.1, 0.15) is 64.4 Å². The Bertz CT molecular complexity index is 1070. The molecule has 164 valence electrons. The average Bonchev–Trinajstić information content (AvgIpc) is 3.23. The number of nitrogens with zero attached hydrogens (tertiary/aromatic N) is 2. The van der Waals surface area contributed by atoms with Crippen molar-refractivity contribution in [2.75, 3.05) is 0 Å². The second kappa shape index (κ2) is 8.43. The first kappa shape index (κ1) is 22.1. The summed E-state index contributed by atoms with van der Waals surface area (Å²) in [7, 11) is 0. The first-order chi connectivity index (χ1) is 15.2. The predicted molar refractivity (Wildman–Crippen MR) is 135 cm³/mol. The van der Waals surface area contributed by atoms with Gasteiger partial charge < -0.3 is 0 Å². The maximum absolute atomic E-state index is 2.42. The SMILES string of the molecule is CC(C)(C)n1cc[n+](C(C)(C)C)c1C1C=CC(=C(c2ccccc2)c2ccccc2)C=C1. The van der Waals surface area contributed by atoms with E-state index in [1.54, 1.807) is 0 Å². The first-order valence-electron chi connectivity index (χ1n) is 11.5. The minimum Gasteiger partial charge on any atom is -0.229 e. The summed E-state index contributed by atoms with van der Waals surface area (Å²) in [5, 5.41) is 0. The van der Waals surface area contributed by atoms with Crippen molar-refractivity contribution >= 4 is 5.57 Å². The molecule has 1 aromatic heterocycles. The Balaban J connectivity index is 1.81. The van der Waals surface area contributed by atoms with Crippen LogP contribution in [-0.2, 0) is 11.1 Å². The van der Waals surface area contributed by atoms with Gasteiger partial charge in [0.05, 0.1) is 5.92 Å². The molecule has 1 aliphatic rings. The van der Waals surface area contributed by atoms with Crippen molar-refractivity contribution in [3.63, 3.8) is 0 Å². The summed E-state index contributed by atoms with van der Waals surface area (Å²) in [6, 6.07) is 21.4. The molecule has 0 bridgehead atoms. The normalized spacial score (nSPS) is 16.4. The summed E-state index contributed by atoms with van der Waals surface area (Å²) in [5.41, 5.74) is 5.03. The van der Waals surface area contributed by atoms with Crippen molar-refractivity contribution in [1.82, 2.24) is 4.57 Å². The van der Waals surface area contributed by atoms with Gasteiger partial charge in [0.25, 0.3) is 5.82 Å². The lowest BCUT2D eigenvalue weighted by Gasteiger charge is -2.25. The monoisotopic (exact) mass is 423 g/mol. The van der Waals surface area contributed by atoms with E-state index in [1.807, 2.05) is 0 Å². The molecule has 0 spiro atoms. The van der Waals surface area contributed by atoms with Crippen molar-refractivity contribution in [1.29, 1.82) is 0 Å². The maximum Gasteiger partial charge on any atom is 0.268 e. The average molecular weight is 424 g/mol. The van der Waals surface area contributed by atoms with E-state index in [9.17, 15) is 0 Å². The summed E-state index contributed by atoms with van der Waals surface area (Å²) in [4.78, 5) is 0. The van der Waals surface area contributed by atoms with Gasteiger partial charge in [0, 0.05) is 0 Å². The van der Waals surface area contributed by atoms with Crippen LogP contribution in [0.5, 0.6) is 0 Å². The maximum atomic E-state index is 2.42. The third-order valence-corrected chi connectivity index (χ3v) is 5.98. The molecule has 0 radical (unpaired) electrons. The molecule has 2 nitrogen and oxygen atoms in total. The van der Waals surface area contributed by atoms with Crippen LogP contribution in [-0.4, -0.2) is 4.57 Å². The van der Waals surface area contributed by atoms with Gasteiger partial charge in [-0.15, -0.1) is 0 Å². The van der Waals surface area contributed by atoms with Gasteiger partial charge in [-0.3, -0.25) is 0 Å². The minimum atomic E-state index is 0.0167. The number of aromatic nitrogens is 2. The fourth-order valence-corrected chi connectivity index (χ4v) is 4.44. The summed E-state index contributed by atoms with van der Waals surface area (Å²) >= 11 is 0. The number of rotatable bonds is 3. The van der Waals surface area contributed by atoms with Crippen molar-refractivity contribution < 1.29 is 4.57 Å². The Kier molecular flexibility index (Phi) is 5.81. The number of allylic oxidation sites excluding steroid dienone is 5. The van der Waals surface area contributed by atoms with Crippen LogP contribution in [0, 0.1) is 0 Å². The summed E-state index contributed by atoms with van der Waals surface area (Å²) in [5.74, 6) is 1.54. The molecular weight excluding hydrogens is 388 g/mol. The van der Waals surface area contributed by atoms with Crippen LogP contribution in [0.4, 0.5) is 0 Å². The van der Waals surface area contributed by atoms with Crippen molar-refractivity contribution in [3.05, 3.63) is 120 Å². The Labute approximate surface area is 193 Å². The molecule has 0 saturated carbocycles. The van der Waals surface area contributed by atoms with Crippen molar-refractivity contribution in [2.45, 2.75) is 58.5 Å². The van der Waals surface area contributed by atoms with Crippen LogP contribution < -0.4 is 4.57 Å². The molecule has 1 heterocycles. The van der Waals surface area contributed by atoms with Gasteiger partial charge in [0.15, 0.2) is 0 Å². The Morgan fingerprint density at radius 2 is 1.25 bits per heavy atom. The zero-order valence-corrected chi connectivity index (χ0v) is 20.2. The molecule has 0 unspecified atom stereocenters. The fourth-order valence-electron chi connectivity index (χ4n) is 4.44. The van der Waals surface area contributed by atoms with E-state index < -0.39 is 0 Å². The number of hydrogen-bond acceptors (Lipinski definition) is 0. The van der Waals surface area contributed by atoms with Crippen molar-refractivity contribution in [3.8, 4) is 0 Å². The van der Waals surface area contributed by atoms with Gasteiger partial charge in [-0.1, -0.05) is 85.0 Å². The van der Waals surface area contributed by atoms with Gasteiger partial charge >= 0.3 is 0 Å². The summed E-state index contributed by atoms with van der Waals surface area (Å²) in [6.07, 6.45) is 13.8. The van der Waals surface area contributed by atoms with Gasteiger partial charge in [-0.2, -0.15) is 0 Å². The highest BCUT2D eigenvalue weighted by molar-refractivity contribution is 5.85. The van der Waals surface area contributed by atoms with Crippen LogP contribution in [0.15, 0.2) is 103 Å². The highest BCUT2D eigenvalue weighted by atomic mass is 15.2. The van der Waals surface area contributed by atoms with Gasteiger partial charge in [0.1, 0.15) is 23.5 Å². The third-order valence-electron chi connectivity index (χ3n) is 5.98. The quantitative estimate of drug-likeness (QED) is 0.401. The highest BCUT2D eigenvalue weighted by Crippen LogP contribution is 2.33. The first-order valence-corrected chi connectivity index (χ1v) is 11.5. The highest BCUT2D eigenvalue weighted by Gasteiger charge is 2.35. The van der Waals surface area contributed by atoms with E-state index in [2.05, 4.69) is 148 Å². The number of imidazole rings is 1. The lowest BCUT2D eigenvalue weighted by Crippen LogP contribution is -2.53. The smallest absolute Gasteiger partial charge is 0.229 e. The molecule has 0 atom stereocenters. The molecular formula is C30H35N2+. The molecule has 32 heavy (non-hydrogen) atoms. The van der Waals surface area contributed by atoms with Gasteiger partial charge in [-0.25, -0.2) is 9.13 Å². The van der Waals surface area contributed by atoms with Crippen LogP contribution >= 0.6 is 0 Å². The molecule has 0 aliphatic heterocycles. The van der Waals surface area contributed by atoms with Gasteiger partial charge in [-0.05, 0) is 63.8 Å². The second-order valence-electron chi connectivity index (χ2n) is 10.5. The van der Waals surface area contributed by atoms with Gasteiger partial charge in [0.2, 0.25) is 0 Å². The van der Waals surface area contributed by atoms with E-state index >= 15 is 0 Å². The summed E-state index contributed by atoms with van der Waals surface area (Å²) in [6.45, 7) is 13.6. The topological polar surface area (TPSA) is 8.81 Å². The lowest BCUT2D eigenvalue weighted by molar-refractivity contribution is -0.760. The number of hydrogen-bond donors (Lipinski definition) is 0. The predicted octanol–water partition coefficient (Wildman–Crippen LogP) is 7.00. The number of benzene rings is 2. The van der Waals surface area contributed by atoms with E-state index in [1.165, 1.54) is 28.1 Å². The second-order valence-corrected chi connectivity index (χ2v) is 10.5. The van der Waals surface area contributed by atoms with Crippen LogP contribution in [0.25, 0.3) is 5.57 Å². The largest absolute Gasteiger partial charge is 0.268 e. The molecule has 0 saturated heterocycles. The molecule has 1 aliphatic carbocycles. The zero-order chi connectivity index (χ0) is 22.9. The Hall–Kier alpha value is -3.13. The zero-order valence-electron chi connectivity index (χ0n) is 20.2. The molecule has 3 aromatic rings. The van der Waals surface area contributed by atoms with E-state index in [4.69, 9.17) is 0 Å². The Morgan fingerprint density at radius 1 is 0.750 bits per heavy atom. The molecule has 0 amide bonds. The lowest BCUT2D eigenvalue weighted by atomic mass is 9.88. The molecule has 0 N–H and O–H groups in total.